The summed E-state index contributed by atoms with van der Waals surface area (Å²) >= 11 is 0. The van der Waals surface area contributed by atoms with Crippen molar-refractivity contribution >= 4 is 63.5 Å². The summed E-state index contributed by atoms with van der Waals surface area (Å²) in [6, 6.07) is 8.15. The largest absolute Gasteiger partial charge is 1.00 e. The van der Waals surface area contributed by atoms with Crippen molar-refractivity contribution in [1.29, 1.82) is 0 Å². The van der Waals surface area contributed by atoms with E-state index in [9.17, 15) is 56.7 Å². The summed E-state index contributed by atoms with van der Waals surface area (Å²) < 4.78 is 142. The Morgan fingerprint density at radius 1 is 0.750 bits per heavy atom. The number of aliphatic carboxylic acids is 1. The molecule has 0 amide bonds. The van der Waals surface area contributed by atoms with E-state index in [1.807, 2.05) is 9.48 Å². The van der Waals surface area contributed by atoms with Gasteiger partial charge in [-0.25, -0.2) is 0 Å². The number of carbonyl (C=O) groups is 1. The first-order valence-corrected chi connectivity index (χ1v) is 24.1. The molecule has 2 unspecified atom stereocenters. The van der Waals surface area contributed by atoms with Crippen molar-refractivity contribution < 1.29 is 160 Å². The molecule has 0 saturated heterocycles. The van der Waals surface area contributed by atoms with Crippen LogP contribution < -0.4 is 93.6 Å². The predicted molar refractivity (Wildman–Crippen MR) is 211 cm³/mol. The number of rotatable bonds is 21. The zero-order valence-electron chi connectivity index (χ0n) is 34.7. The number of unbranched alkanes of at least 4 members (excludes halogenated alkanes) is 2. The molecule has 0 aromatic heterocycles. The minimum absolute atomic E-state index is 0. The van der Waals surface area contributed by atoms with Crippen LogP contribution in [-0.4, -0.2) is 112 Å². The van der Waals surface area contributed by atoms with E-state index in [0.717, 1.165) is 0 Å². The zero-order valence-corrected chi connectivity index (χ0v) is 44.0. The van der Waals surface area contributed by atoms with Crippen LogP contribution in [0.4, 0.5) is 11.4 Å². The monoisotopic (exact) mass is 946 g/mol. The van der Waals surface area contributed by atoms with Crippen LogP contribution in [0.5, 0.6) is 0 Å². The summed E-state index contributed by atoms with van der Waals surface area (Å²) in [6.45, 7) is 4.35. The van der Waals surface area contributed by atoms with E-state index in [-0.39, 0.29) is 139 Å². The van der Waals surface area contributed by atoms with E-state index < -0.39 is 73.7 Å². The van der Waals surface area contributed by atoms with Gasteiger partial charge in [-0.3, -0.25) is 23.0 Å². The summed E-state index contributed by atoms with van der Waals surface area (Å²) in [4.78, 5) is 12.2. The molecule has 24 heteroatoms. The second kappa shape index (κ2) is 23.1. The summed E-state index contributed by atoms with van der Waals surface area (Å²) in [5.74, 6) is -2.11. The smallest absolute Gasteiger partial charge is 0.481 e. The minimum atomic E-state index is -4.67. The standard InChI is InChI=1S/C36H48N2O15S4.3Na/c1-35(17-8-22-54(41,42)43)28-24-26(56(47,48)49)13-15-30(28)37(19-6-4-5-12-34(39)40)32(35)10-7-11-33-36(2,18-9-23-55(44,45)46)29-25-27(57(50,51)52)14-16-31(29)38(33)20-21-53-3;;;/h7,10-11,13-16,24-25H,4-6,8-9,12,17-23H2,1-3H3,(H4-,39,40,41,42,43,44,45,46,47,48,49,50,51,52);;;/q;3*+1/p+1. The SMILES string of the molecule is COCCN1C(=CC=CC2=[N+](CCCCCC(=O)O)c3ccc(S(=O)(=O)O)cc3C2(C)CCCS(=O)(=O)O)C(C)(CCCS(=O)(=O)O)c2cc(S(=O)(=O)O)ccc21.[Na+].[Na+].[Na+]. The second-order valence-corrected chi connectivity index (χ2v) is 20.5. The van der Waals surface area contributed by atoms with E-state index in [4.69, 9.17) is 9.84 Å². The van der Waals surface area contributed by atoms with E-state index in [2.05, 4.69) is 0 Å². The average Bonchev–Trinajstić information content (AvgIpc) is 3.45. The quantitative estimate of drug-likeness (QED) is 0.0341. The molecule has 0 spiro atoms. The molecule has 2 aliphatic rings. The Hall–Kier alpha value is -0.540. The van der Waals surface area contributed by atoms with E-state index in [1.165, 1.54) is 43.5 Å². The van der Waals surface area contributed by atoms with Gasteiger partial charge in [0.15, 0.2) is 5.71 Å². The van der Waals surface area contributed by atoms with Crippen molar-refractivity contribution in [2.24, 2.45) is 0 Å². The second-order valence-electron chi connectivity index (χ2n) is 14.5. The first-order chi connectivity index (χ1) is 26.3. The van der Waals surface area contributed by atoms with E-state index in [1.54, 1.807) is 32.1 Å². The molecule has 60 heavy (non-hydrogen) atoms. The Morgan fingerprint density at radius 3 is 1.80 bits per heavy atom. The Balaban J connectivity index is 0.00000600. The van der Waals surface area contributed by atoms with Gasteiger partial charge in [0.05, 0.1) is 33.3 Å². The number of ether oxygens (including phenoxy) is 1. The predicted octanol–water partition coefficient (Wildman–Crippen LogP) is -4.61. The Morgan fingerprint density at radius 2 is 1.28 bits per heavy atom. The fraction of sp³-hybridized carbons (Fsp3) is 0.500. The third-order valence-electron chi connectivity index (χ3n) is 10.5. The number of anilines is 1. The third kappa shape index (κ3) is 14.7. The number of benzene rings is 2. The van der Waals surface area contributed by atoms with Crippen molar-refractivity contribution in [3.8, 4) is 0 Å². The Bertz CT molecular complexity index is 2430. The molecule has 0 fully saturated rings. The molecule has 316 valence electrons. The van der Waals surface area contributed by atoms with Crippen LogP contribution in [0, 0.1) is 0 Å². The molecule has 2 aromatic carbocycles. The number of allylic oxidation sites excluding steroid dienone is 4. The molecule has 2 aliphatic heterocycles. The van der Waals surface area contributed by atoms with E-state index in [0.29, 0.717) is 59.7 Å². The molecule has 5 N–H and O–H groups in total. The molecule has 0 aliphatic carbocycles. The molecule has 0 bridgehead atoms. The summed E-state index contributed by atoms with van der Waals surface area (Å²) in [5, 5.41) is 9.13. The van der Waals surface area contributed by atoms with Crippen molar-refractivity contribution in [2.75, 3.05) is 43.2 Å². The van der Waals surface area contributed by atoms with Gasteiger partial charge in [0.25, 0.3) is 40.5 Å². The zero-order chi connectivity index (χ0) is 42.6. The van der Waals surface area contributed by atoms with Crippen LogP contribution in [0.2, 0.25) is 0 Å². The summed E-state index contributed by atoms with van der Waals surface area (Å²) in [6.07, 6.45) is 6.68. The van der Waals surface area contributed by atoms with Gasteiger partial charge in [-0.1, -0.05) is 6.08 Å². The number of carboxylic acids is 1. The fourth-order valence-electron chi connectivity index (χ4n) is 7.74. The maximum Gasteiger partial charge on any atom is 1.00 e. The number of hydrogen-bond donors (Lipinski definition) is 5. The van der Waals surface area contributed by atoms with Crippen LogP contribution >= 0.6 is 0 Å². The normalized spacial score (nSPS) is 19.8. The van der Waals surface area contributed by atoms with Crippen molar-refractivity contribution in [3.63, 3.8) is 0 Å². The number of hydrogen-bond acceptors (Lipinski definition) is 11. The van der Waals surface area contributed by atoms with Gasteiger partial charge in [0.1, 0.15) is 6.54 Å². The molecular weight excluding hydrogens is 898 g/mol. The third-order valence-corrected chi connectivity index (χ3v) is 13.8. The van der Waals surface area contributed by atoms with Crippen molar-refractivity contribution in [2.45, 2.75) is 85.8 Å². The molecule has 2 heterocycles. The van der Waals surface area contributed by atoms with Crippen LogP contribution in [0.15, 0.2) is 70.1 Å². The molecule has 4 rings (SSSR count). The molecule has 0 saturated carbocycles. The van der Waals surface area contributed by atoms with Gasteiger partial charge in [-0.2, -0.15) is 38.2 Å². The molecule has 17 nitrogen and oxygen atoms in total. The maximum absolute atomic E-state index is 12.3. The number of nitrogens with zero attached hydrogens (tertiary/aromatic N) is 2. The molecule has 2 atom stereocenters. The fourth-order valence-corrected chi connectivity index (χ4v) is 9.78. The number of carboxylic acid groups (broad SMARTS) is 1. The average molecular weight is 947 g/mol. The Labute approximate surface area is 419 Å². The van der Waals surface area contributed by atoms with Crippen molar-refractivity contribution in [1.82, 2.24) is 0 Å². The molecular formula is C36H49N2Na3O15S4+4. The number of methoxy groups -OCH3 is 1. The number of fused-ring (bicyclic) bond motifs is 2. The summed E-state index contributed by atoms with van der Waals surface area (Å²) in [7, 11) is -16.6. The van der Waals surface area contributed by atoms with E-state index >= 15 is 0 Å². The van der Waals surface area contributed by atoms with Gasteiger partial charge in [-0.05, 0) is 94.3 Å². The minimum Gasteiger partial charge on any atom is -0.481 e. The first-order valence-electron chi connectivity index (χ1n) is 18.0. The molecule has 0 radical (unpaired) electrons. The summed E-state index contributed by atoms with van der Waals surface area (Å²) in [5.41, 5.74) is 0.996. The van der Waals surface area contributed by atoms with Crippen LogP contribution in [0.25, 0.3) is 0 Å². The first kappa shape index (κ1) is 57.5. The van der Waals surface area contributed by atoms with Crippen LogP contribution in [-0.2, 0) is 60.8 Å². The Kier molecular flexibility index (Phi) is 22.1. The van der Waals surface area contributed by atoms with Gasteiger partial charge in [0.2, 0.25) is 5.69 Å². The van der Waals surface area contributed by atoms with Gasteiger partial charge in [0, 0.05) is 61.0 Å². The maximum atomic E-state index is 12.3. The topological polar surface area (TPSA) is 270 Å². The van der Waals surface area contributed by atoms with Gasteiger partial charge < -0.3 is 14.7 Å². The van der Waals surface area contributed by atoms with Gasteiger partial charge >= 0.3 is 94.6 Å². The van der Waals surface area contributed by atoms with Crippen LogP contribution in [0.3, 0.4) is 0 Å². The van der Waals surface area contributed by atoms with Crippen LogP contribution in [0.1, 0.15) is 76.3 Å². The molecule has 2 aromatic rings. The van der Waals surface area contributed by atoms with Gasteiger partial charge in [-0.15, -0.1) is 0 Å². The van der Waals surface area contributed by atoms with Crippen molar-refractivity contribution in [3.05, 3.63) is 71.5 Å².